The average Bonchev–Trinajstić information content (AvgIpc) is 3.00. The molecule has 1 amide bonds. The quantitative estimate of drug-likeness (QED) is 0.907. The Bertz CT molecular complexity index is 626. The van der Waals surface area contributed by atoms with Crippen molar-refractivity contribution in [3.05, 3.63) is 36.3 Å². The lowest BCUT2D eigenvalue weighted by molar-refractivity contribution is 0.0592. The van der Waals surface area contributed by atoms with Gasteiger partial charge in [0.2, 0.25) is 0 Å². The van der Waals surface area contributed by atoms with E-state index in [-0.39, 0.29) is 18.0 Å². The van der Waals surface area contributed by atoms with Crippen molar-refractivity contribution in [2.75, 3.05) is 13.1 Å². The molecular formula is C15H18N4O2. The van der Waals surface area contributed by atoms with Crippen molar-refractivity contribution < 1.29 is 9.32 Å². The molecular weight excluding hydrogens is 268 g/mol. The maximum Gasteiger partial charge on any atom is 0.276 e. The van der Waals surface area contributed by atoms with Crippen molar-refractivity contribution in [3.63, 3.8) is 0 Å². The van der Waals surface area contributed by atoms with Gasteiger partial charge in [0.1, 0.15) is 0 Å². The van der Waals surface area contributed by atoms with Crippen molar-refractivity contribution in [2.45, 2.75) is 25.9 Å². The van der Waals surface area contributed by atoms with Crippen molar-refractivity contribution in [1.29, 1.82) is 0 Å². The lowest BCUT2D eigenvalue weighted by atomic mass is 10.1. The van der Waals surface area contributed by atoms with E-state index in [0.29, 0.717) is 18.0 Å². The highest BCUT2D eigenvalue weighted by Crippen LogP contribution is 2.21. The molecule has 0 radical (unpaired) electrons. The molecule has 1 saturated heterocycles. The molecule has 0 aromatic carbocycles. The summed E-state index contributed by atoms with van der Waals surface area (Å²) < 4.78 is 5.28. The Hall–Kier alpha value is -2.21. The summed E-state index contributed by atoms with van der Waals surface area (Å²) in [5, 5.41) is 7.27. The van der Waals surface area contributed by atoms with Crippen molar-refractivity contribution in [1.82, 2.24) is 20.4 Å². The maximum absolute atomic E-state index is 12.6. The van der Waals surface area contributed by atoms with Gasteiger partial charge in [-0.05, 0) is 26.0 Å². The summed E-state index contributed by atoms with van der Waals surface area (Å²) >= 11 is 0. The van der Waals surface area contributed by atoms with E-state index in [1.807, 2.05) is 24.0 Å². The van der Waals surface area contributed by atoms with Crippen LogP contribution in [0.25, 0.3) is 11.3 Å². The van der Waals surface area contributed by atoms with Gasteiger partial charge in [-0.2, -0.15) is 0 Å². The molecule has 2 aromatic rings. The predicted molar refractivity (Wildman–Crippen MR) is 77.7 cm³/mol. The number of amides is 1. The molecule has 1 aliphatic heterocycles. The number of pyridine rings is 1. The summed E-state index contributed by atoms with van der Waals surface area (Å²) in [4.78, 5) is 18.4. The minimum atomic E-state index is -0.0834. The van der Waals surface area contributed by atoms with Gasteiger partial charge in [0, 0.05) is 49.2 Å². The van der Waals surface area contributed by atoms with Crippen LogP contribution in [0.5, 0.6) is 0 Å². The van der Waals surface area contributed by atoms with E-state index in [1.54, 1.807) is 18.5 Å². The molecule has 2 unspecified atom stereocenters. The number of carbonyl (C=O) groups is 1. The third-order valence-electron chi connectivity index (χ3n) is 3.99. The van der Waals surface area contributed by atoms with E-state index in [2.05, 4.69) is 22.4 Å². The topological polar surface area (TPSA) is 71.3 Å². The lowest BCUT2D eigenvalue weighted by Gasteiger charge is -2.38. The number of hydrogen-bond donors (Lipinski definition) is 1. The van der Waals surface area contributed by atoms with E-state index in [1.165, 1.54) is 0 Å². The highest BCUT2D eigenvalue weighted by Gasteiger charge is 2.30. The molecule has 0 saturated carbocycles. The number of rotatable bonds is 2. The van der Waals surface area contributed by atoms with Gasteiger partial charge in [-0.15, -0.1) is 0 Å². The van der Waals surface area contributed by atoms with Crippen LogP contribution < -0.4 is 5.32 Å². The minimum Gasteiger partial charge on any atom is -0.355 e. The highest BCUT2D eigenvalue weighted by atomic mass is 16.5. The van der Waals surface area contributed by atoms with Crippen LogP contribution >= 0.6 is 0 Å². The normalized spacial score (nSPS) is 22.3. The third-order valence-corrected chi connectivity index (χ3v) is 3.99. The standard InChI is InChI=1S/C15H18N4O2/c1-10-11(2)19(8-7-17-10)15(20)13-9-14(21-18-13)12-3-5-16-6-4-12/h3-6,9-11,17H,7-8H2,1-2H3. The smallest absolute Gasteiger partial charge is 0.276 e. The first-order valence-corrected chi connectivity index (χ1v) is 7.08. The fraction of sp³-hybridized carbons (Fsp3) is 0.400. The monoisotopic (exact) mass is 286 g/mol. The Labute approximate surface area is 123 Å². The molecule has 21 heavy (non-hydrogen) atoms. The van der Waals surface area contributed by atoms with Crippen LogP contribution in [0, 0.1) is 0 Å². The van der Waals surface area contributed by atoms with Crippen LogP contribution in [0.1, 0.15) is 24.3 Å². The van der Waals surface area contributed by atoms with Crippen LogP contribution in [0.3, 0.4) is 0 Å². The molecule has 2 atom stereocenters. The molecule has 3 rings (SSSR count). The largest absolute Gasteiger partial charge is 0.355 e. The SMILES string of the molecule is CC1NCCN(C(=O)c2cc(-c3ccncc3)on2)C1C. The van der Waals surface area contributed by atoms with Crippen LogP contribution in [-0.2, 0) is 0 Å². The second-order valence-electron chi connectivity index (χ2n) is 5.29. The van der Waals surface area contributed by atoms with Gasteiger partial charge in [0.25, 0.3) is 5.91 Å². The maximum atomic E-state index is 12.6. The summed E-state index contributed by atoms with van der Waals surface area (Å²) in [6.07, 6.45) is 3.36. The molecule has 0 bridgehead atoms. The zero-order chi connectivity index (χ0) is 14.8. The van der Waals surface area contributed by atoms with Crippen LogP contribution in [0.4, 0.5) is 0 Å². The predicted octanol–water partition coefficient (Wildman–Crippen LogP) is 1.56. The van der Waals surface area contributed by atoms with Crippen LogP contribution in [0.2, 0.25) is 0 Å². The molecule has 1 N–H and O–H groups in total. The van der Waals surface area contributed by atoms with Gasteiger partial charge < -0.3 is 14.7 Å². The Morgan fingerprint density at radius 3 is 2.90 bits per heavy atom. The molecule has 6 nitrogen and oxygen atoms in total. The summed E-state index contributed by atoms with van der Waals surface area (Å²) in [6.45, 7) is 5.60. The number of carbonyl (C=O) groups excluding carboxylic acids is 1. The van der Waals surface area contributed by atoms with E-state index < -0.39 is 0 Å². The number of aromatic nitrogens is 2. The summed E-state index contributed by atoms with van der Waals surface area (Å²) in [5.41, 5.74) is 1.21. The fourth-order valence-electron chi connectivity index (χ4n) is 2.52. The Balaban J connectivity index is 1.81. The van der Waals surface area contributed by atoms with Crippen molar-refractivity contribution >= 4 is 5.91 Å². The molecule has 0 spiro atoms. The fourth-order valence-corrected chi connectivity index (χ4v) is 2.52. The minimum absolute atomic E-state index is 0.0834. The molecule has 6 heteroatoms. The summed E-state index contributed by atoms with van der Waals surface area (Å²) in [7, 11) is 0. The van der Waals surface area contributed by atoms with Crippen LogP contribution in [0.15, 0.2) is 35.1 Å². The zero-order valence-electron chi connectivity index (χ0n) is 12.1. The Kier molecular flexibility index (Phi) is 3.70. The molecule has 3 heterocycles. The number of piperazine rings is 1. The molecule has 110 valence electrons. The van der Waals surface area contributed by atoms with E-state index in [0.717, 1.165) is 12.1 Å². The highest BCUT2D eigenvalue weighted by molar-refractivity contribution is 5.93. The lowest BCUT2D eigenvalue weighted by Crippen LogP contribution is -2.57. The van der Waals surface area contributed by atoms with Crippen molar-refractivity contribution in [3.8, 4) is 11.3 Å². The summed E-state index contributed by atoms with van der Waals surface area (Å²) in [5.74, 6) is 0.497. The first kappa shape index (κ1) is 13.8. The van der Waals surface area contributed by atoms with Crippen LogP contribution in [-0.4, -0.2) is 46.1 Å². The first-order chi connectivity index (χ1) is 10.2. The second kappa shape index (κ2) is 5.65. The average molecular weight is 286 g/mol. The van der Waals surface area contributed by atoms with Gasteiger partial charge >= 0.3 is 0 Å². The Morgan fingerprint density at radius 1 is 1.38 bits per heavy atom. The number of hydrogen-bond acceptors (Lipinski definition) is 5. The zero-order valence-corrected chi connectivity index (χ0v) is 12.1. The molecule has 0 aliphatic carbocycles. The Morgan fingerprint density at radius 2 is 2.14 bits per heavy atom. The summed E-state index contributed by atoms with van der Waals surface area (Å²) in [6, 6.07) is 5.74. The van der Waals surface area contributed by atoms with E-state index in [4.69, 9.17) is 4.52 Å². The first-order valence-electron chi connectivity index (χ1n) is 7.08. The number of nitrogens with zero attached hydrogens (tertiary/aromatic N) is 3. The number of nitrogens with one attached hydrogen (secondary N) is 1. The van der Waals surface area contributed by atoms with Gasteiger partial charge in [-0.1, -0.05) is 5.16 Å². The van der Waals surface area contributed by atoms with Gasteiger partial charge in [-0.25, -0.2) is 0 Å². The second-order valence-corrected chi connectivity index (χ2v) is 5.29. The van der Waals surface area contributed by atoms with Gasteiger partial charge in [0.15, 0.2) is 11.5 Å². The van der Waals surface area contributed by atoms with Gasteiger partial charge in [0.05, 0.1) is 0 Å². The van der Waals surface area contributed by atoms with Crippen molar-refractivity contribution in [2.24, 2.45) is 0 Å². The third kappa shape index (κ3) is 2.67. The molecule has 1 fully saturated rings. The van der Waals surface area contributed by atoms with E-state index in [9.17, 15) is 4.79 Å². The molecule has 1 aliphatic rings. The van der Waals surface area contributed by atoms with E-state index >= 15 is 0 Å². The molecule has 2 aromatic heterocycles. The van der Waals surface area contributed by atoms with Gasteiger partial charge in [-0.3, -0.25) is 9.78 Å².